The Hall–Kier alpha value is -1.36. The third kappa shape index (κ3) is 2.97. The summed E-state index contributed by atoms with van der Waals surface area (Å²) in [7, 11) is 0. The minimum atomic E-state index is -0.973. The topological polar surface area (TPSA) is 94.8 Å². The van der Waals surface area contributed by atoms with Crippen LogP contribution in [0.4, 0.5) is 0 Å². The van der Waals surface area contributed by atoms with Gasteiger partial charge in [-0.15, -0.1) is 0 Å². The average Bonchev–Trinajstić information content (AvgIpc) is 3.17. The van der Waals surface area contributed by atoms with E-state index in [1.807, 2.05) is 0 Å². The normalized spacial score (nSPS) is 52.4. The molecule has 5 rings (SSSR count). The van der Waals surface area contributed by atoms with Gasteiger partial charge in [0, 0.05) is 5.57 Å². The van der Waals surface area contributed by atoms with Crippen molar-refractivity contribution < 1.29 is 24.9 Å². The number of carboxylic acid groups (broad SMARTS) is 2. The van der Waals surface area contributed by atoms with Crippen LogP contribution < -0.4 is 0 Å². The Kier molecular flexibility index (Phi) is 5.48. The summed E-state index contributed by atoms with van der Waals surface area (Å²) in [6, 6.07) is 0. The van der Waals surface area contributed by atoms with E-state index in [4.69, 9.17) is 0 Å². The maximum Gasteiger partial charge on any atom is 0.331 e. The summed E-state index contributed by atoms with van der Waals surface area (Å²) in [5, 5.41) is 31.2. The van der Waals surface area contributed by atoms with Gasteiger partial charge in [-0.1, -0.05) is 41.2 Å². The molecule has 0 heterocycles. The fourth-order valence-electron chi connectivity index (χ4n) is 11.5. The first-order valence-electron chi connectivity index (χ1n) is 14.0. The summed E-state index contributed by atoms with van der Waals surface area (Å²) >= 11 is 0. The highest BCUT2D eigenvalue weighted by molar-refractivity contribution is 5.87. The molecule has 5 saturated carbocycles. The zero-order valence-electron chi connectivity index (χ0n) is 22.4. The van der Waals surface area contributed by atoms with Crippen LogP contribution in [0.1, 0.15) is 98.8 Å². The van der Waals surface area contributed by atoms with Gasteiger partial charge in [-0.2, -0.15) is 0 Å². The van der Waals surface area contributed by atoms with E-state index < -0.39 is 17.4 Å². The van der Waals surface area contributed by atoms with Crippen LogP contribution in [0.2, 0.25) is 0 Å². The van der Waals surface area contributed by atoms with Crippen molar-refractivity contribution in [3.05, 3.63) is 12.2 Å². The lowest BCUT2D eigenvalue weighted by Gasteiger charge is -2.72. The van der Waals surface area contributed by atoms with Gasteiger partial charge >= 0.3 is 11.9 Å². The fourth-order valence-corrected chi connectivity index (χ4v) is 11.5. The number of hydrogen-bond donors (Lipinski definition) is 3. The maximum atomic E-state index is 12.8. The lowest BCUT2D eigenvalue weighted by molar-refractivity contribution is -0.248. The molecule has 0 unspecified atom stereocenters. The molecule has 10 atom stereocenters. The quantitative estimate of drug-likeness (QED) is 0.416. The molecule has 0 aromatic heterocycles. The summed E-state index contributed by atoms with van der Waals surface area (Å²) in [5.41, 5.74) is -0.448. The Morgan fingerprint density at radius 1 is 0.771 bits per heavy atom. The molecular weight excluding hydrogens is 440 g/mol. The highest BCUT2D eigenvalue weighted by atomic mass is 16.4. The molecule has 35 heavy (non-hydrogen) atoms. The molecular formula is C30H46O5. The van der Waals surface area contributed by atoms with Gasteiger partial charge in [0.15, 0.2) is 0 Å². The highest BCUT2D eigenvalue weighted by Crippen LogP contribution is 2.77. The Labute approximate surface area is 210 Å². The minimum Gasteiger partial charge on any atom is -0.481 e. The fraction of sp³-hybridized carbons (Fsp3) is 0.867. The zero-order chi connectivity index (χ0) is 25.8. The average molecular weight is 487 g/mol. The van der Waals surface area contributed by atoms with Crippen LogP contribution in [0.25, 0.3) is 0 Å². The molecule has 5 fully saturated rings. The van der Waals surface area contributed by atoms with E-state index >= 15 is 0 Å². The Morgan fingerprint density at radius 3 is 2.09 bits per heavy atom. The third-order valence-electron chi connectivity index (χ3n) is 13.6. The van der Waals surface area contributed by atoms with E-state index in [-0.39, 0.29) is 51.1 Å². The van der Waals surface area contributed by atoms with Crippen LogP contribution in [0.5, 0.6) is 0 Å². The molecule has 196 valence electrons. The smallest absolute Gasteiger partial charge is 0.331 e. The van der Waals surface area contributed by atoms with Gasteiger partial charge in [0.2, 0.25) is 0 Å². The van der Waals surface area contributed by atoms with E-state index in [0.29, 0.717) is 31.1 Å². The molecule has 0 radical (unpaired) electrons. The Morgan fingerprint density at radius 2 is 1.46 bits per heavy atom. The van der Waals surface area contributed by atoms with Crippen molar-refractivity contribution in [1.29, 1.82) is 0 Å². The zero-order valence-corrected chi connectivity index (χ0v) is 22.4. The van der Waals surface area contributed by atoms with Crippen molar-refractivity contribution in [2.75, 3.05) is 0 Å². The number of fused-ring (bicyclic) bond motifs is 7. The predicted octanol–water partition coefficient (Wildman–Crippen LogP) is 6.15. The summed E-state index contributed by atoms with van der Waals surface area (Å²) in [6.07, 6.45) is 8.70. The van der Waals surface area contributed by atoms with Gasteiger partial charge in [-0.05, 0) is 115 Å². The van der Waals surface area contributed by atoms with Gasteiger partial charge in [0.05, 0.1) is 11.5 Å². The number of aliphatic carboxylic acids is 2. The number of aliphatic hydroxyl groups is 1. The Bertz CT molecular complexity index is 954. The molecule has 0 amide bonds. The van der Waals surface area contributed by atoms with Gasteiger partial charge in [0.1, 0.15) is 0 Å². The van der Waals surface area contributed by atoms with Gasteiger partial charge in [0.25, 0.3) is 0 Å². The first-order valence-corrected chi connectivity index (χ1v) is 14.0. The van der Waals surface area contributed by atoms with E-state index in [9.17, 15) is 24.9 Å². The van der Waals surface area contributed by atoms with Crippen LogP contribution in [0.15, 0.2) is 12.2 Å². The maximum absolute atomic E-state index is 12.8. The summed E-state index contributed by atoms with van der Waals surface area (Å²) in [5.74, 6) is -0.846. The molecule has 0 spiro atoms. The van der Waals surface area contributed by atoms with Crippen molar-refractivity contribution in [3.63, 3.8) is 0 Å². The Balaban J connectivity index is 1.57. The number of rotatable bonds is 3. The number of hydrogen-bond acceptors (Lipinski definition) is 3. The van der Waals surface area contributed by atoms with Crippen molar-refractivity contribution in [3.8, 4) is 0 Å². The van der Waals surface area contributed by atoms with Gasteiger partial charge in [-0.3, -0.25) is 4.79 Å². The molecule has 5 heteroatoms. The van der Waals surface area contributed by atoms with Gasteiger partial charge < -0.3 is 15.3 Å². The first-order chi connectivity index (χ1) is 16.2. The summed E-state index contributed by atoms with van der Waals surface area (Å²) in [4.78, 5) is 24.8. The van der Waals surface area contributed by atoms with Crippen molar-refractivity contribution in [2.24, 2.45) is 56.7 Å². The van der Waals surface area contributed by atoms with Crippen LogP contribution in [-0.4, -0.2) is 33.4 Å². The summed E-state index contributed by atoms with van der Waals surface area (Å²) in [6.45, 7) is 15.9. The first kappa shape index (κ1) is 25.3. The van der Waals surface area contributed by atoms with Crippen LogP contribution in [0, 0.1) is 56.7 Å². The molecule has 0 bridgehead atoms. The van der Waals surface area contributed by atoms with Crippen molar-refractivity contribution in [1.82, 2.24) is 0 Å². The standard InChI is InChI=1S/C30H46O5/c1-17(24(32)33)18-9-14-30(25(34)35)16-15-28(5)19(23(18)30)7-8-21-27(4)12-11-22(31)26(2,3)20(27)10-13-29(21,28)6/h18-23,31H,1,7-16H2,2-6H3,(H,32,33)(H,34,35)/t18-,19+,20-,21-,22-,23-,27+,28+,29+,30-/m0/s1. The van der Waals surface area contributed by atoms with E-state index in [2.05, 4.69) is 41.2 Å². The van der Waals surface area contributed by atoms with Crippen molar-refractivity contribution in [2.45, 2.75) is 105 Å². The molecule has 0 aromatic rings. The highest BCUT2D eigenvalue weighted by Gasteiger charge is 2.72. The summed E-state index contributed by atoms with van der Waals surface area (Å²) < 4.78 is 0. The second kappa shape index (κ2) is 7.58. The molecule has 0 saturated heterocycles. The molecule has 5 aliphatic rings. The predicted molar refractivity (Wildman–Crippen MR) is 135 cm³/mol. The van der Waals surface area contributed by atoms with Crippen molar-refractivity contribution >= 4 is 11.9 Å². The minimum absolute atomic E-state index is 0.0188. The molecule has 0 aliphatic heterocycles. The molecule has 0 aromatic carbocycles. The largest absolute Gasteiger partial charge is 0.481 e. The lowest BCUT2D eigenvalue weighted by atomic mass is 9.32. The van der Waals surface area contributed by atoms with E-state index in [0.717, 1.165) is 44.9 Å². The van der Waals surface area contributed by atoms with Crippen LogP contribution >= 0.6 is 0 Å². The third-order valence-corrected chi connectivity index (χ3v) is 13.6. The SMILES string of the molecule is C=C(C(=O)O)[C@@H]1CC[C@]2(C(=O)O)CC[C@]3(C)[C@H](CC[C@H]4[C@]5(C)CC[C@H](O)C(C)(C)[C@@H]5CC[C@]43C)[C@H]12. The van der Waals surface area contributed by atoms with Gasteiger partial charge in [-0.25, -0.2) is 4.79 Å². The molecule has 3 N–H and O–H groups in total. The monoisotopic (exact) mass is 486 g/mol. The number of aliphatic hydroxyl groups excluding tert-OH is 1. The number of carbonyl (C=O) groups is 2. The number of carboxylic acids is 2. The van der Waals surface area contributed by atoms with E-state index in [1.54, 1.807) is 0 Å². The van der Waals surface area contributed by atoms with Crippen LogP contribution in [0.3, 0.4) is 0 Å². The second-order valence-corrected chi connectivity index (χ2v) is 14.5. The molecule has 5 nitrogen and oxygen atoms in total. The van der Waals surface area contributed by atoms with Crippen LogP contribution in [-0.2, 0) is 9.59 Å². The molecule has 5 aliphatic carbocycles. The lowest BCUT2D eigenvalue weighted by Crippen LogP contribution is -2.67. The second-order valence-electron chi connectivity index (χ2n) is 14.5. The van der Waals surface area contributed by atoms with E-state index in [1.165, 1.54) is 0 Å².